The minimum Gasteiger partial charge on any atom is -0.271 e. The van der Waals surface area contributed by atoms with Gasteiger partial charge in [0.15, 0.2) is 0 Å². The molecule has 1 N–H and O–H groups in total. The normalized spacial score (nSPS) is 11.0. The van der Waals surface area contributed by atoms with E-state index in [1.54, 1.807) is 50.2 Å². The van der Waals surface area contributed by atoms with Crippen molar-refractivity contribution in [3.63, 3.8) is 0 Å². The molecule has 6 nitrogen and oxygen atoms in total. The molecule has 0 aliphatic rings. The van der Waals surface area contributed by atoms with E-state index in [1.165, 1.54) is 0 Å². The van der Waals surface area contributed by atoms with Crippen molar-refractivity contribution in [1.82, 2.24) is 5.43 Å². The van der Waals surface area contributed by atoms with Crippen molar-refractivity contribution >= 4 is 27.3 Å². The van der Waals surface area contributed by atoms with Crippen LogP contribution in [0.4, 0.5) is 5.69 Å². The summed E-state index contributed by atoms with van der Waals surface area (Å²) in [6.45, 7) is 8.75. The minimum absolute atomic E-state index is 0.136. The SMILES string of the molecule is CC(C)=NNC(=O)CN(c1cccc(C)c1C)S(=O)(=O)c1ccc(C)cc1. The number of carbonyl (C=O) groups excluding carboxylic acids is 1. The number of amides is 1. The van der Waals surface area contributed by atoms with Crippen molar-refractivity contribution in [2.75, 3.05) is 10.8 Å². The molecule has 0 radical (unpaired) electrons. The molecule has 7 heteroatoms. The van der Waals surface area contributed by atoms with Crippen molar-refractivity contribution in [3.05, 3.63) is 59.2 Å². The molecule has 0 aromatic heterocycles. The van der Waals surface area contributed by atoms with Crippen molar-refractivity contribution in [3.8, 4) is 0 Å². The Kier molecular flexibility index (Phi) is 6.38. The van der Waals surface area contributed by atoms with Crippen LogP contribution in [0.3, 0.4) is 0 Å². The Morgan fingerprint density at radius 2 is 1.67 bits per heavy atom. The molecule has 0 aliphatic heterocycles. The first-order valence-electron chi connectivity index (χ1n) is 8.58. The van der Waals surface area contributed by atoms with Crippen LogP contribution < -0.4 is 9.73 Å². The van der Waals surface area contributed by atoms with Crippen molar-refractivity contribution in [2.24, 2.45) is 5.10 Å². The van der Waals surface area contributed by atoms with Gasteiger partial charge in [-0.15, -0.1) is 0 Å². The first-order chi connectivity index (χ1) is 12.6. The fourth-order valence-corrected chi connectivity index (χ4v) is 3.96. The number of aryl methyl sites for hydroxylation is 2. The van der Waals surface area contributed by atoms with Crippen LogP contribution in [0.15, 0.2) is 52.5 Å². The lowest BCUT2D eigenvalue weighted by Crippen LogP contribution is -2.40. The van der Waals surface area contributed by atoms with E-state index in [4.69, 9.17) is 0 Å². The van der Waals surface area contributed by atoms with Gasteiger partial charge in [0.05, 0.1) is 10.6 Å². The number of benzene rings is 2. The van der Waals surface area contributed by atoms with E-state index in [1.807, 2.05) is 26.8 Å². The highest BCUT2D eigenvalue weighted by Crippen LogP contribution is 2.28. The quantitative estimate of drug-likeness (QED) is 0.610. The maximum atomic E-state index is 13.3. The average Bonchev–Trinajstić information content (AvgIpc) is 2.61. The third-order valence-corrected chi connectivity index (χ3v) is 5.92. The summed E-state index contributed by atoms with van der Waals surface area (Å²) in [7, 11) is -3.92. The Morgan fingerprint density at radius 1 is 1.04 bits per heavy atom. The summed E-state index contributed by atoms with van der Waals surface area (Å²) in [6.07, 6.45) is 0. The summed E-state index contributed by atoms with van der Waals surface area (Å²) in [4.78, 5) is 12.5. The number of hydrazone groups is 1. The molecule has 0 spiro atoms. The van der Waals surface area contributed by atoms with Crippen LogP contribution in [0.2, 0.25) is 0 Å². The van der Waals surface area contributed by atoms with Gasteiger partial charge in [0, 0.05) is 5.71 Å². The number of carbonyl (C=O) groups is 1. The fourth-order valence-electron chi connectivity index (χ4n) is 2.48. The van der Waals surface area contributed by atoms with E-state index in [9.17, 15) is 13.2 Å². The van der Waals surface area contributed by atoms with Crippen LogP contribution >= 0.6 is 0 Å². The van der Waals surface area contributed by atoms with Gasteiger partial charge in [0.25, 0.3) is 15.9 Å². The highest BCUT2D eigenvalue weighted by Gasteiger charge is 2.28. The van der Waals surface area contributed by atoms with Gasteiger partial charge >= 0.3 is 0 Å². The van der Waals surface area contributed by atoms with Gasteiger partial charge in [0.1, 0.15) is 6.54 Å². The average molecular weight is 388 g/mol. The second kappa shape index (κ2) is 8.35. The Balaban J connectivity index is 2.52. The van der Waals surface area contributed by atoms with Crippen LogP contribution in [-0.4, -0.2) is 26.6 Å². The van der Waals surface area contributed by atoms with Gasteiger partial charge in [-0.3, -0.25) is 9.10 Å². The van der Waals surface area contributed by atoms with Crippen molar-refractivity contribution < 1.29 is 13.2 Å². The molecule has 2 aromatic rings. The smallest absolute Gasteiger partial charge is 0.264 e. The molecular weight excluding hydrogens is 362 g/mol. The second-order valence-corrected chi connectivity index (χ2v) is 8.50. The summed E-state index contributed by atoms with van der Waals surface area (Å²) in [5.74, 6) is -0.507. The molecule has 144 valence electrons. The fraction of sp³-hybridized carbons (Fsp3) is 0.300. The van der Waals surface area contributed by atoms with Gasteiger partial charge in [-0.25, -0.2) is 13.8 Å². The summed E-state index contributed by atoms with van der Waals surface area (Å²) < 4.78 is 27.7. The molecule has 2 aromatic carbocycles. The molecule has 2 rings (SSSR count). The van der Waals surface area contributed by atoms with E-state index < -0.39 is 15.9 Å². The third kappa shape index (κ3) is 4.95. The van der Waals surface area contributed by atoms with Gasteiger partial charge in [0.2, 0.25) is 0 Å². The van der Waals surface area contributed by atoms with Gasteiger partial charge < -0.3 is 0 Å². The number of nitrogens with one attached hydrogen (secondary N) is 1. The number of anilines is 1. The zero-order valence-corrected chi connectivity index (χ0v) is 17.1. The maximum absolute atomic E-state index is 13.3. The summed E-state index contributed by atoms with van der Waals surface area (Å²) in [5, 5.41) is 3.87. The van der Waals surface area contributed by atoms with Crippen LogP contribution in [0.25, 0.3) is 0 Å². The Hall–Kier alpha value is -2.67. The number of hydrogen-bond acceptors (Lipinski definition) is 4. The van der Waals surface area contributed by atoms with Crippen LogP contribution in [0.1, 0.15) is 30.5 Å². The molecule has 0 atom stereocenters. The predicted molar refractivity (Wildman–Crippen MR) is 109 cm³/mol. The molecular formula is C20H25N3O3S. The predicted octanol–water partition coefficient (Wildman–Crippen LogP) is 3.32. The Labute approximate surface area is 161 Å². The van der Waals surface area contributed by atoms with E-state index in [2.05, 4.69) is 10.5 Å². The van der Waals surface area contributed by atoms with E-state index in [-0.39, 0.29) is 11.4 Å². The number of rotatable bonds is 6. The molecule has 0 saturated heterocycles. The highest BCUT2D eigenvalue weighted by atomic mass is 32.2. The lowest BCUT2D eigenvalue weighted by Gasteiger charge is -2.26. The molecule has 0 saturated carbocycles. The zero-order valence-electron chi connectivity index (χ0n) is 16.3. The Bertz CT molecular complexity index is 960. The van der Waals surface area contributed by atoms with Crippen molar-refractivity contribution in [2.45, 2.75) is 39.5 Å². The van der Waals surface area contributed by atoms with Gasteiger partial charge in [-0.1, -0.05) is 29.8 Å². The van der Waals surface area contributed by atoms with E-state index in [0.717, 1.165) is 21.0 Å². The first kappa shape index (κ1) is 20.6. The summed E-state index contributed by atoms with van der Waals surface area (Å²) >= 11 is 0. The lowest BCUT2D eigenvalue weighted by molar-refractivity contribution is -0.119. The summed E-state index contributed by atoms with van der Waals surface area (Å²) in [6, 6.07) is 12.0. The molecule has 0 unspecified atom stereocenters. The van der Waals surface area contributed by atoms with Crippen LogP contribution in [0, 0.1) is 20.8 Å². The number of hydrogen-bond donors (Lipinski definition) is 1. The molecule has 0 heterocycles. The first-order valence-corrected chi connectivity index (χ1v) is 10.0. The van der Waals surface area contributed by atoms with Crippen molar-refractivity contribution in [1.29, 1.82) is 0 Å². The van der Waals surface area contributed by atoms with E-state index >= 15 is 0 Å². The molecule has 1 amide bonds. The van der Waals surface area contributed by atoms with Gasteiger partial charge in [-0.05, 0) is 63.9 Å². The monoisotopic (exact) mass is 387 g/mol. The molecule has 0 aliphatic carbocycles. The standard InChI is InChI=1S/C20H25N3O3S/c1-14(2)21-22-20(24)13-23(19-8-6-7-16(4)17(19)5)27(25,26)18-11-9-15(3)10-12-18/h6-12H,13H2,1-5H3,(H,22,24). The topological polar surface area (TPSA) is 78.8 Å². The number of nitrogens with zero attached hydrogens (tertiary/aromatic N) is 2. The van der Waals surface area contributed by atoms with Crippen LogP contribution in [0.5, 0.6) is 0 Å². The molecule has 0 fully saturated rings. The zero-order chi connectivity index (χ0) is 20.2. The van der Waals surface area contributed by atoms with Crippen LogP contribution in [-0.2, 0) is 14.8 Å². The highest BCUT2D eigenvalue weighted by molar-refractivity contribution is 7.92. The largest absolute Gasteiger partial charge is 0.271 e. The second-order valence-electron chi connectivity index (χ2n) is 6.64. The third-order valence-electron chi connectivity index (χ3n) is 4.15. The minimum atomic E-state index is -3.92. The Morgan fingerprint density at radius 3 is 2.26 bits per heavy atom. The maximum Gasteiger partial charge on any atom is 0.264 e. The molecule has 0 bridgehead atoms. The van der Waals surface area contributed by atoms with Gasteiger partial charge in [-0.2, -0.15) is 5.10 Å². The van der Waals surface area contributed by atoms with E-state index in [0.29, 0.717) is 11.4 Å². The number of sulfonamides is 1. The lowest BCUT2D eigenvalue weighted by atomic mass is 10.1. The molecule has 27 heavy (non-hydrogen) atoms. The summed E-state index contributed by atoms with van der Waals surface area (Å²) in [5.41, 5.74) is 6.24.